The van der Waals surface area contributed by atoms with Gasteiger partial charge in [-0.15, -0.1) is 0 Å². The Hall–Kier alpha value is 0.250. The Bertz CT molecular complexity index is 160. The average molecular weight is 263 g/mol. The van der Waals surface area contributed by atoms with Crippen LogP contribution in [0.5, 0.6) is 0 Å². The monoisotopic (exact) mass is 263 g/mol. The zero-order valence-corrected chi connectivity index (χ0v) is 9.36. The number of hydrogen-bond acceptors (Lipinski definition) is 0. The van der Waals surface area contributed by atoms with Crippen LogP contribution in [0.3, 0.4) is 0 Å². The number of rotatable bonds is 3. The van der Waals surface area contributed by atoms with Crippen molar-refractivity contribution in [3.8, 4) is 0 Å². The average Bonchev–Trinajstić information content (AvgIpc) is 2.52. The summed E-state index contributed by atoms with van der Waals surface area (Å²) in [5.74, 6) is 0. The van der Waals surface area contributed by atoms with Gasteiger partial charge in [0.15, 0.2) is 0 Å². The molecule has 0 nitrogen and oxygen atoms in total. The van der Waals surface area contributed by atoms with Crippen molar-refractivity contribution in [2.45, 2.75) is 43.0 Å². The van der Waals surface area contributed by atoms with Crippen LogP contribution in [0.4, 0.5) is 0 Å². The van der Waals surface area contributed by atoms with E-state index in [0.29, 0.717) is 21.2 Å². The number of allylic oxidation sites excluding steroid dienone is 1. The molecule has 1 heteroatoms. The summed E-state index contributed by atoms with van der Waals surface area (Å²) in [5, 5.41) is 0. The second-order valence-corrected chi connectivity index (χ2v) is 6.61. The summed E-state index contributed by atoms with van der Waals surface area (Å²) in [6.07, 6.45) is 7.10. The first-order chi connectivity index (χ1) is 5.36. The van der Waals surface area contributed by atoms with Crippen LogP contribution in [0.25, 0.3) is 0 Å². The van der Waals surface area contributed by atoms with Crippen LogP contribution in [-0.4, -0.2) is 3.92 Å². The van der Waals surface area contributed by atoms with Crippen molar-refractivity contribution in [1.82, 2.24) is 0 Å². The summed E-state index contributed by atoms with van der Waals surface area (Å²) in [5.41, 5.74) is 3.09. The van der Waals surface area contributed by atoms with Gasteiger partial charge < -0.3 is 0 Å². The summed E-state index contributed by atoms with van der Waals surface area (Å²) in [4.78, 5) is 0. The molecule has 0 heterocycles. The van der Waals surface area contributed by atoms with Crippen LogP contribution >= 0.6 is 0 Å². The van der Waals surface area contributed by atoms with E-state index < -0.39 is 0 Å². The molecule has 1 aliphatic carbocycles. The fourth-order valence-electron chi connectivity index (χ4n) is 1.41. The Balaban J connectivity index is 2.33. The standard InChI is InChI=1S/C10H16I/c1-3-9(4-2)11-10-7-5-6-8-10/h10H,1,4-8H2,2H3/q-1. The third kappa shape index (κ3) is 3.00. The number of alkyl halides is 1. The molecule has 0 aromatic heterocycles. The molecule has 0 aromatic carbocycles. The van der Waals surface area contributed by atoms with Gasteiger partial charge in [0.05, 0.1) is 0 Å². The van der Waals surface area contributed by atoms with Gasteiger partial charge in [-0.3, -0.25) is 0 Å². The SMILES string of the molecule is C=C=C(CC)[I-]C1CCCC1. The first-order valence-corrected chi connectivity index (χ1v) is 6.71. The van der Waals surface area contributed by atoms with E-state index in [1.807, 2.05) is 0 Å². The van der Waals surface area contributed by atoms with Gasteiger partial charge in [-0.25, -0.2) is 0 Å². The summed E-state index contributed by atoms with van der Waals surface area (Å²) in [6, 6.07) is 0. The van der Waals surface area contributed by atoms with E-state index in [4.69, 9.17) is 0 Å². The quantitative estimate of drug-likeness (QED) is 0.385. The van der Waals surface area contributed by atoms with Crippen LogP contribution in [0.1, 0.15) is 39.0 Å². The molecule has 0 N–H and O–H groups in total. The number of hydrogen-bond donors (Lipinski definition) is 0. The maximum atomic E-state index is 3.74. The van der Waals surface area contributed by atoms with E-state index in [1.54, 1.807) is 0 Å². The number of halogens is 1. The molecule has 0 aromatic rings. The summed E-state index contributed by atoms with van der Waals surface area (Å²) in [6.45, 7) is 5.96. The van der Waals surface area contributed by atoms with E-state index >= 15 is 0 Å². The van der Waals surface area contributed by atoms with E-state index in [1.165, 1.54) is 35.7 Å². The van der Waals surface area contributed by atoms with Crippen LogP contribution in [-0.2, 0) is 0 Å². The third-order valence-corrected chi connectivity index (χ3v) is 6.10. The molecule has 0 atom stereocenters. The molecule has 1 rings (SSSR count). The van der Waals surface area contributed by atoms with Crippen LogP contribution in [0, 0.1) is 0 Å². The fraction of sp³-hybridized carbons (Fsp3) is 0.700. The van der Waals surface area contributed by atoms with Gasteiger partial charge >= 0.3 is 80.0 Å². The Morgan fingerprint density at radius 1 is 1.55 bits per heavy atom. The Labute approximate surface area is 80.0 Å². The predicted molar refractivity (Wildman–Crippen MR) is 45.2 cm³/mol. The molecule has 0 amide bonds. The summed E-state index contributed by atoms with van der Waals surface area (Å²) < 4.78 is 2.61. The molecule has 0 unspecified atom stereocenters. The molecule has 11 heavy (non-hydrogen) atoms. The maximum absolute atomic E-state index is 3.74. The molecule has 0 bridgehead atoms. The van der Waals surface area contributed by atoms with E-state index in [-0.39, 0.29) is 0 Å². The Morgan fingerprint density at radius 3 is 2.64 bits per heavy atom. The molecule has 1 saturated carbocycles. The molecule has 64 valence electrons. The fourth-order valence-corrected chi connectivity index (χ4v) is 4.64. The van der Waals surface area contributed by atoms with Gasteiger partial charge in [0.25, 0.3) is 0 Å². The minimum absolute atomic E-state index is 0.298. The molecule has 0 aliphatic heterocycles. The predicted octanol–water partition coefficient (Wildman–Crippen LogP) is 0.0968. The van der Waals surface area contributed by atoms with Crippen LogP contribution in [0.2, 0.25) is 0 Å². The van der Waals surface area contributed by atoms with Crippen molar-refractivity contribution in [2.75, 3.05) is 0 Å². The first kappa shape index (κ1) is 9.34. The van der Waals surface area contributed by atoms with Gasteiger partial charge in [0.2, 0.25) is 0 Å². The Morgan fingerprint density at radius 2 is 2.18 bits per heavy atom. The van der Waals surface area contributed by atoms with Gasteiger partial charge in [-0.2, -0.15) is 0 Å². The van der Waals surface area contributed by atoms with Gasteiger partial charge in [0.1, 0.15) is 0 Å². The summed E-state index contributed by atoms with van der Waals surface area (Å²) in [7, 11) is 0. The van der Waals surface area contributed by atoms with E-state index in [0.717, 1.165) is 3.92 Å². The van der Waals surface area contributed by atoms with Crippen molar-refractivity contribution in [1.29, 1.82) is 0 Å². The van der Waals surface area contributed by atoms with Crippen LogP contribution in [0.15, 0.2) is 15.9 Å². The summed E-state index contributed by atoms with van der Waals surface area (Å²) >= 11 is 0.298. The van der Waals surface area contributed by atoms with Gasteiger partial charge in [-0.05, 0) is 0 Å². The van der Waals surface area contributed by atoms with E-state index in [9.17, 15) is 0 Å². The van der Waals surface area contributed by atoms with Crippen molar-refractivity contribution < 1.29 is 21.2 Å². The zero-order valence-electron chi connectivity index (χ0n) is 7.20. The molecule has 0 saturated heterocycles. The molecular weight excluding hydrogens is 247 g/mol. The third-order valence-electron chi connectivity index (χ3n) is 2.07. The molecule has 1 fully saturated rings. The molecular formula is C10H16I-. The van der Waals surface area contributed by atoms with Crippen molar-refractivity contribution in [3.63, 3.8) is 0 Å². The molecule has 0 spiro atoms. The zero-order chi connectivity index (χ0) is 8.10. The van der Waals surface area contributed by atoms with Crippen molar-refractivity contribution in [3.05, 3.63) is 15.9 Å². The van der Waals surface area contributed by atoms with Crippen LogP contribution < -0.4 is 21.2 Å². The van der Waals surface area contributed by atoms with Crippen molar-refractivity contribution >= 4 is 0 Å². The molecule has 1 aliphatic rings. The molecule has 0 radical (unpaired) electrons. The second kappa shape index (κ2) is 5.00. The normalized spacial score (nSPS) is 18.6. The van der Waals surface area contributed by atoms with Gasteiger partial charge in [0, 0.05) is 0 Å². The topological polar surface area (TPSA) is 0 Å². The second-order valence-electron chi connectivity index (χ2n) is 2.93. The van der Waals surface area contributed by atoms with E-state index in [2.05, 4.69) is 19.2 Å². The Kier molecular flexibility index (Phi) is 4.24. The van der Waals surface area contributed by atoms with Crippen molar-refractivity contribution in [2.24, 2.45) is 0 Å². The van der Waals surface area contributed by atoms with Gasteiger partial charge in [-0.1, -0.05) is 0 Å². The first-order valence-electron chi connectivity index (χ1n) is 4.39. The minimum atomic E-state index is 0.298.